The summed E-state index contributed by atoms with van der Waals surface area (Å²) in [5.74, 6) is 0.288. The quantitative estimate of drug-likeness (QED) is 0.700. The monoisotopic (exact) mass is 303 g/mol. The van der Waals surface area contributed by atoms with Gasteiger partial charge in [-0.05, 0) is 44.2 Å². The normalized spacial score (nSPS) is 11.5. The Kier molecular flexibility index (Phi) is 3.33. The van der Waals surface area contributed by atoms with E-state index in [0.29, 0.717) is 27.6 Å². The molecule has 0 spiro atoms. The van der Waals surface area contributed by atoms with E-state index in [9.17, 15) is 4.39 Å². The fraction of sp³-hybridized carbons (Fsp3) is 0.188. The zero-order valence-corrected chi connectivity index (χ0v) is 12.5. The van der Waals surface area contributed by atoms with Crippen LogP contribution in [0.4, 0.5) is 10.1 Å². The molecule has 0 unspecified atom stereocenters. The molecule has 1 heterocycles. The molecule has 3 nitrogen and oxygen atoms in total. The molecule has 0 saturated heterocycles. The molecule has 0 aliphatic carbocycles. The van der Waals surface area contributed by atoms with E-state index in [2.05, 4.69) is 4.98 Å². The number of imidazole rings is 1. The van der Waals surface area contributed by atoms with Gasteiger partial charge in [-0.3, -0.25) is 0 Å². The molecule has 0 radical (unpaired) electrons. The van der Waals surface area contributed by atoms with E-state index in [4.69, 9.17) is 17.3 Å². The van der Waals surface area contributed by atoms with Gasteiger partial charge in [0.1, 0.15) is 11.3 Å². The number of para-hydroxylation sites is 1. The molecule has 2 aromatic carbocycles. The van der Waals surface area contributed by atoms with Crippen LogP contribution in [0.3, 0.4) is 0 Å². The number of rotatable bonds is 2. The maximum absolute atomic E-state index is 14.0. The Balaban J connectivity index is 2.39. The number of fused-ring (bicyclic) bond motifs is 1. The first kappa shape index (κ1) is 13.9. The molecule has 3 aromatic rings. The van der Waals surface area contributed by atoms with Crippen LogP contribution in [0, 0.1) is 5.82 Å². The average Bonchev–Trinajstić information content (AvgIpc) is 2.82. The van der Waals surface area contributed by atoms with E-state index in [0.717, 1.165) is 5.52 Å². The van der Waals surface area contributed by atoms with E-state index >= 15 is 0 Å². The van der Waals surface area contributed by atoms with Gasteiger partial charge in [-0.2, -0.15) is 0 Å². The zero-order chi connectivity index (χ0) is 15.1. The fourth-order valence-corrected chi connectivity index (χ4v) is 2.71. The lowest BCUT2D eigenvalue weighted by atomic mass is 10.2. The molecule has 0 aliphatic heterocycles. The van der Waals surface area contributed by atoms with Crippen LogP contribution < -0.4 is 5.73 Å². The molecular weight excluding hydrogens is 289 g/mol. The maximum Gasteiger partial charge on any atom is 0.151 e. The van der Waals surface area contributed by atoms with E-state index in [1.807, 2.05) is 24.5 Å². The largest absolute Gasteiger partial charge is 0.399 e. The second kappa shape index (κ2) is 5.04. The molecule has 0 atom stereocenters. The number of nitrogens with two attached hydrogens (primary N) is 1. The topological polar surface area (TPSA) is 43.8 Å². The Morgan fingerprint density at radius 2 is 2.00 bits per heavy atom. The summed E-state index contributed by atoms with van der Waals surface area (Å²) in [4.78, 5) is 4.45. The molecule has 0 aliphatic rings. The Labute approximate surface area is 127 Å². The van der Waals surface area contributed by atoms with Crippen LogP contribution in [0.1, 0.15) is 19.9 Å². The second-order valence-corrected chi connectivity index (χ2v) is 5.65. The van der Waals surface area contributed by atoms with Crippen molar-refractivity contribution < 1.29 is 4.39 Å². The van der Waals surface area contributed by atoms with Gasteiger partial charge >= 0.3 is 0 Å². The van der Waals surface area contributed by atoms with Crippen molar-refractivity contribution in [1.82, 2.24) is 9.55 Å². The zero-order valence-electron chi connectivity index (χ0n) is 11.8. The van der Waals surface area contributed by atoms with Crippen molar-refractivity contribution in [1.29, 1.82) is 0 Å². The summed E-state index contributed by atoms with van der Waals surface area (Å²) in [6, 6.07) is 10.3. The number of halogens is 2. The van der Waals surface area contributed by atoms with Crippen molar-refractivity contribution in [3.05, 3.63) is 47.2 Å². The van der Waals surface area contributed by atoms with Crippen molar-refractivity contribution in [2.45, 2.75) is 19.9 Å². The molecule has 108 valence electrons. The summed E-state index contributed by atoms with van der Waals surface area (Å²) >= 11 is 6.27. The number of aromatic nitrogens is 2. The van der Waals surface area contributed by atoms with Crippen LogP contribution in [0.5, 0.6) is 0 Å². The minimum atomic E-state index is -0.340. The summed E-state index contributed by atoms with van der Waals surface area (Å²) < 4.78 is 16.0. The summed E-state index contributed by atoms with van der Waals surface area (Å²) in [5.41, 5.74) is 8.24. The molecule has 3 rings (SSSR count). The summed E-state index contributed by atoms with van der Waals surface area (Å²) in [5, 5.41) is 0.543. The van der Waals surface area contributed by atoms with Gasteiger partial charge in [0.25, 0.3) is 0 Å². The third-order valence-electron chi connectivity index (χ3n) is 3.42. The minimum Gasteiger partial charge on any atom is -0.399 e. The number of hydrogen-bond donors (Lipinski definition) is 1. The summed E-state index contributed by atoms with van der Waals surface area (Å²) in [7, 11) is 0. The first-order chi connectivity index (χ1) is 9.99. The van der Waals surface area contributed by atoms with E-state index < -0.39 is 0 Å². The lowest BCUT2D eigenvalue weighted by Gasteiger charge is -2.14. The number of anilines is 1. The number of nitrogens with zero attached hydrogens (tertiary/aromatic N) is 2. The molecule has 0 saturated carbocycles. The summed E-state index contributed by atoms with van der Waals surface area (Å²) in [6.07, 6.45) is 0. The van der Waals surface area contributed by atoms with Crippen molar-refractivity contribution in [2.75, 3.05) is 5.73 Å². The number of hydrogen-bond acceptors (Lipinski definition) is 2. The van der Waals surface area contributed by atoms with Gasteiger partial charge in [0.05, 0.1) is 10.5 Å². The maximum atomic E-state index is 14.0. The van der Waals surface area contributed by atoms with Gasteiger partial charge in [0, 0.05) is 17.3 Å². The lowest BCUT2D eigenvalue weighted by molar-refractivity contribution is 0.623. The Morgan fingerprint density at radius 1 is 1.24 bits per heavy atom. The highest BCUT2D eigenvalue weighted by molar-refractivity contribution is 6.33. The molecule has 21 heavy (non-hydrogen) atoms. The standard InChI is InChI=1S/C16H15ClFN3/c1-9(2)21-14-5-3-4-13(18)15(14)20-16(21)11-8-10(19)6-7-12(11)17/h3-9H,19H2,1-2H3. The van der Waals surface area contributed by atoms with Gasteiger partial charge in [-0.15, -0.1) is 0 Å². The third kappa shape index (κ3) is 2.25. The molecule has 0 fully saturated rings. The van der Waals surface area contributed by atoms with Crippen molar-refractivity contribution in [2.24, 2.45) is 0 Å². The average molecular weight is 304 g/mol. The smallest absolute Gasteiger partial charge is 0.151 e. The molecule has 0 amide bonds. The Bertz CT molecular complexity index is 824. The van der Waals surface area contributed by atoms with Crippen molar-refractivity contribution in [3.63, 3.8) is 0 Å². The SMILES string of the molecule is CC(C)n1c(-c2cc(N)ccc2Cl)nc2c(F)cccc21. The van der Waals surface area contributed by atoms with Gasteiger partial charge in [0.2, 0.25) is 0 Å². The molecular formula is C16H15ClFN3. The van der Waals surface area contributed by atoms with Crippen LogP contribution in [0.2, 0.25) is 5.02 Å². The van der Waals surface area contributed by atoms with Crippen molar-refractivity contribution >= 4 is 28.3 Å². The highest BCUT2D eigenvalue weighted by Crippen LogP contribution is 2.34. The predicted octanol–water partition coefficient (Wildman–Crippen LogP) is 4.66. The molecule has 5 heteroatoms. The Morgan fingerprint density at radius 3 is 2.71 bits per heavy atom. The van der Waals surface area contributed by atoms with E-state index in [1.165, 1.54) is 6.07 Å². The molecule has 1 aromatic heterocycles. The van der Waals surface area contributed by atoms with Crippen LogP contribution >= 0.6 is 11.6 Å². The molecule has 2 N–H and O–H groups in total. The third-order valence-corrected chi connectivity index (χ3v) is 3.75. The Hall–Kier alpha value is -2.07. The van der Waals surface area contributed by atoms with E-state index in [1.54, 1.807) is 24.3 Å². The van der Waals surface area contributed by atoms with Gasteiger partial charge in [-0.1, -0.05) is 17.7 Å². The van der Waals surface area contributed by atoms with E-state index in [-0.39, 0.29) is 11.9 Å². The van der Waals surface area contributed by atoms with Crippen LogP contribution in [0.25, 0.3) is 22.4 Å². The van der Waals surface area contributed by atoms with Crippen LogP contribution in [-0.2, 0) is 0 Å². The highest BCUT2D eigenvalue weighted by atomic mass is 35.5. The molecule has 0 bridgehead atoms. The van der Waals surface area contributed by atoms with Gasteiger partial charge in [0.15, 0.2) is 5.82 Å². The highest BCUT2D eigenvalue weighted by Gasteiger charge is 2.19. The van der Waals surface area contributed by atoms with Crippen LogP contribution in [-0.4, -0.2) is 9.55 Å². The number of nitrogen functional groups attached to an aromatic ring is 1. The predicted molar refractivity (Wildman–Crippen MR) is 84.9 cm³/mol. The summed E-state index contributed by atoms with van der Waals surface area (Å²) in [6.45, 7) is 4.05. The first-order valence-electron chi connectivity index (χ1n) is 6.71. The van der Waals surface area contributed by atoms with Crippen molar-refractivity contribution in [3.8, 4) is 11.4 Å². The van der Waals surface area contributed by atoms with Crippen LogP contribution in [0.15, 0.2) is 36.4 Å². The minimum absolute atomic E-state index is 0.115. The second-order valence-electron chi connectivity index (χ2n) is 5.25. The lowest BCUT2D eigenvalue weighted by Crippen LogP contribution is -2.03. The number of benzene rings is 2. The van der Waals surface area contributed by atoms with Gasteiger partial charge in [-0.25, -0.2) is 9.37 Å². The van der Waals surface area contributed by atoms with Gasteiger partial charge < -0.3 is 10.3 Å². The first-order valence-corrected chi connectivity index (χ1v) is 7.08. The fourth-order valence-electron chi connectivity index (χ4n) is 2.51.